The molecule has 0 radical (unpaired) electrons. The van der Waals surface area contributed by atoms with E-state index in [0.717, 1.165) is 0 Å². The molecule has 0 heterocycles. The minimum absolute atomic E-state index is 0.106. The number of hydrogen-bond acceptors (Lipinski definition) is 5. The molecule has 0 bridgehead atoms. The standard InChI is InChI=1S/C12H16N4O5S/c1-8(17)14-6-7-15-11(18)12(19)16-9-2-4-10(5-3-9)22(13,20)21/h2-5H,6-7H2,1H3,(H,14,17)(H,15,18)(H,16,19)(H2,13,20,21). The summed E-state index contributed by atoms with van der Waals surface area (Å²) < 4.78 is 22.1. The van der Waals surface area contributed by atoms with Crippen molar-refractivity contribution < 1.29 is 22.8 Å². The van der Waals surface area contributed by atoms with Gasteiger partial charge in [-0.3, -0.25) is 14.4 Å². The largest absolute Gasteiger partial charge is 0.355 e. The van der Waals surface area contributed by atoms with E-state index in [9.17, 15) is 22.8 Å². The highest BCUT2D eigenvalue weighted by Gasteiger charge is 2.13. The quantitative estimate of drug-likeness (QED) is 0.384. The van der Waals surface area contributed by atoms with Crippen molar-refractivity contribution in [3.63, 3.8) is 0 Å². The van der Waals surface area contributed by atoms with Gasteiger partial charge in [-0.25, -0.2) is 13.6 Å². The molecule has 3 amide bonds. The van der Waals surface area contributed by atoms with Crippen LogP contribution in [0, 0.1) is 0 Å². The van der Waals surface area contributed by atoms with Crippen molar-refractivity contribution in [1.29, 1.82) is 0 Å². The monoisotopic (exact) mass is 328 g/mol. The normalized spacial score (nSPS) is 10.6. The van der Waals surface area contributed by atoms with E-state index in [4.69, 9.17) is 5.14 Å². The lowest BCUT2D eigenvalue weighted by atomic mass is 10.3. The third kappa shape index (κ3) is 5.89. The zero-order chi connectivity index (χ0) is 16.8. The number of amides is 3. The predicted octanol–water partition coefficient (Wildman–Crippen LogP) is -1.48. The minimum Gasteiger partial charge on any atom is -0.355 e. The number of carbonyl (C=O) groups excluding carboxylic acids is 3. The molecule has 0 saturated carbocycles. The molecule has 120 valence electrons. The molecule has 0 fully saturated rings. The average Bonchev–Trinajstić information content (AvgIpc) is 2.42. The van der Waals surface area contributed by atoms with Crippen LogP contribution in [0.25, 0.3) is 0 Å². The Morgan fingerprint density at radius 2 is 1.55 bits per heavy atom. The van der Waals surface area contributed by atoms with E-state index in [0.29, 0.717) is 0 Å². The number of carbonyl (C=O) groups is 3. The van der Waals surface area contributed by atoms with Crippen molar-refractivity contribution in [3.8, 4) is 0 Å². The second kappa shape index (κ2) is 7.52. The van der Waals surface area contributed by atoms with Crippen LogP contribution < -0.4 is 21.1 Å². The smallest absolute Gasteiger partial charge is 0.313 e. The molecule has 0 aliphatic rings. The van der Waals surface area contributed by atoms with Gasteiger partial charge in [0.05, 0.1) is 4.90 Å². The third-order valence-corrected chi connectivity index (χ3v) is 3.36. The van der Waals surface area contributed by atoms with Crippen LogP contribution in [0.3, 0.4) is 0 Å². The van der Waals surface area contributed by atoms with Crippen LogP contribution >= 0.6 is 0 Å². The molecule has 1 aromatic rings. The average molecular weight is 328 g/mol. The van der Waals surface area contributed by atoms with E-state index in [-0.39, 0.29) is 29.6 Å². The summed E-state index contributed by atoms with van der Waals surface area (Å²) in [6, 6.07) is 5.03. The highest BCUT2D eigenvalue weighted by molar-refractivity contribution is 7.89. The molecule has 0 unspecified atom stereocenters. The molecular formula is C12H16N4O5S. The number of hydrogen-bond donors (Lipinski definition) is 4. The lowest BCUT2D eigenvalue weighted by Crippen LogP contribution is -2.39. The zero-order valence-electron chi connectivity index (χ0n) is 11.8. The maximum atomic E-state index is 11.6. The van der Waals surface area contributed by atoms with Crippen molar-refractivity contribution in [2.45, 2.75) is 11.8 Å². The fourth-order valence-corrected chi connectivity index (χ4v) is 1.93. The maximum absolute atomic E-state index is 11.6. The van der Waals surface area contributed by atoms with Gasteiger partial charge < -0.3 is 16.0 Å². The number of rotatable bonds is 5. The van der Waals surface area contributed by atoms with Gasteiger partial charge in [-0.15, -0.1) is 0 Å². The third-order valence-electron chi connectivity index (χ3n) is 2.43. The van der Waals surface area contributed by atoms with Gasteiger partial charge in [0.15, 0.2) is 0 Å². The number of benzene rings is 1. The molecule has 0 spiro atoms. The van der Waals surface area contributed by atoms with Gasteiger partial charge in [0, 0.05) is 25.7 Å². The first-order valence-corrected chi connectivity index (χ1v) is 7.71. The van der Waals surface area contributed by atoms with Crippen molar-refractivity contribution in [1.82, 2.24) is 10.6 Å². The van der Waals surface area contributed by atoms with Gasteiger partial charge >= 0.3 is 11.8 Å². The van der Waals surface area contributed by atoms with Crippen molar-refractivity contribution in [3.05, 3.63) is 24.3 Å². The summed E-state index contributed by atoms with van der Waals surface area (Å²) in [4.78, 5) is 33.5. The maximum Gasteiger partial charge on any atom is 0.313 e. The van der Waals surface area contributed by atoms with Crippen LogP contribution in [0.5, 0.6) is 0 Å². The van der Waals surface area contributed by atoms with Gasteiger partial charge in [-0.05, 0) is 24.3 Å². The molecule has 1 aromatic carbocycles. The number of nitrogens with one attached hydrogen (secondary N) is 3. The molecular weight excluding hydrogens is 312 g/mol. The SMILES string of the molecule is CC(=O)NCCNC(=O)C(=O)Nc1ccc(S(N)(=O)=O)cc1. The lowest BCUT2D eigenvalue weighted by molar-refractivity contribution is -0.136. The molecule has 0 atom stereocenters. The topological polar surface area (TPSA) is 147 Å². The van der Waals surface area contributed by atoms with Crippen molar-refractivity contribution >= 4 is 33.4 Å². The highest BCUT2D eigenvalue weighted by atomic mass is 32.2. The van der Waals surface area contributed by atoms with Gasteiger partial charge in [0.2, 0.25) is 15.9 Å². The Kier molecular flexibility index (Phi) is 6.01. The molecule has 5 N–H and O–H groups in total. The molecule has 0 aliphatic heterocycles. The lowest BCUT2D eigenvalue weighted by Gasteiger charge is -2.07. The number of anilines is 1. The summed E-state index contributed by atoms with van der Waals surface area (Å²) in [6.45, 7) is 1.65. The predicted molar refractivity (Wildman–Crippen MR) is 78.1 cm³/mol. The number of nitrogens with two attached hydrogens (primary N) is 1. The van der Waals surface area contributed by atoms with Crippen LogP contribution in [0.4, 0.5) is 5.69 Å². The molecule has 9 nitrogen and oxygen atoms in total. The number of primary sulfonamides is 1. The molecule has 0 saturated heterocycles. The van der Waals surface area contributed by atoms with Crippen LogP contribution in [0.1, 0.15) is 6.92 Å². The molecule has 0 aromatic heterocycles. The van der Waals surface area contributed by atoms with Crippen LogP contribution in [0.2, 0.25) is 0 Å². The number of sulfonamides is 1. The Bertz CT molecular complexity index is 669. The first-order valence-electron chi connectivity index (χ1n) is 6.16. The van der Waals surface area contributed by atoms with Gasteiger partial charge in [0.1, 0.15) is 0 Å². The summed E-state index contributed by atoms with van der Waals surface area (Å²) in [5, 5.41) is 12.0. The fraction of sp³-hybridized carbons (Fsp3) is 0.250. The summed E-state index contributed by atoms with van der Waals surface area (Å²) in [6.07, 6.45) is 0. The minimum atomic E-state index is -3.81. The van der Waals surface area contributed by atoms with E-state index in [1.165, 1.54) is 31.2 Å². The summed E-state index contributed by atoms with van der Waals surface area (Å²) in [7, 11) is -3.81. The molecule has 22 heavy (non-hydrogen) atoms. The Morgan fingerprint density at radius 3 is 2.05 bits per heavy atom. The van der Waals surface area contributed by atoms with Gasteiger partial charge in [-0.1, -0.05) is 0 Å². The first-order chi connectivity index (χ1) is 10.2. The van der Waals surface area contributed by atoms with E-state index in [1.807, 2.05) is 0 Å². The van der Waals surface area contributed by atoms with Crippen molar-refractivity contribution in [2.75, 3.05) is 18.4 Å². The van der Waals surface area contributed by atoms with E-state index in [1.54, 1.807) is 0 Å². The Morgan fingerprint density at radius 1 is 1.00 bits per heavy atom. The second-order valence-corrected chi connectivity index (χ2v) is 5.82. The van der Waals surface area contributed by atoms with Gasteiger partial charge in [0.25, 0.3) is 0 Å². The zero-order valence-corrected chi connectivity index (χ0v) is 12.6. The van der Waals surface area contributed by atoms with Crippen LogP contribution in [-0.4, -0.2) is 39.2 Å². The molecule has 1 rings (SSSR count). The van der Waals surface area contributed by atoms with Gasteiger partial charge in [-0.2, -0.15) is 0 Å². The van der Waals surface area contributed by atoms with Crippen LogP contribution in [-0.2, 0) is 24.4 Å². The van der Waals surface area contributed by atoms with E-state index >= 15 is 0 Å². The Labute approximate surface area is 127 Å². The van der Waals surface area contributed by atoms with E-state index < -0.39 is 21.8 Å². The highest BCUT2D eigenvalue weighted by Crippen LogP contribution is 2.12. The summed E-state index contributed by atoms with van der Waals surface area (Å²) >= 11 is 0. The van der Waals surface area contributed by atoms with Crippen LogP contribution in [0.15, 0.2) is 29.2 Å². The summed E-state index contributed by atoms with van der Waals surface area (Å²) in [5.74, 6) is -2.03. The molecule has 10 heteroatoms. The molecule has 0 aliphatic carbocycles. The summed E-state index contributed by atoms with van der Waals surface area (Å²) in [5.41, 5.74) is 0.245. The fourth-order valence-electron chi connectivity index (χ4n) is 1.41. The first kappa shape index (κ1) is 17.6. The second-order valence-electron chi connectivity index (χ2n) is 4.26. The van der Waals surface area contributed by atoms with E-state index in [2.05, 4.69) is 16.0 Å². The Hall–Kier alpha value is -2.46. The Balaban J connectivity index is 2.50. The van der Waals surface area contributed by atoms with Crippen molar-refractivity contribution in [2.24, 2.45) is 5.14 Å².